The Morgan fingerprint density at radius 3 is 2.50 bits per heavy atom. The van der Waals surface area contributed by atoms with E-state index in [-0.39, 0.29) is 4.90 Å². The summed E-state index contributed by atoms with van der Waals surface area (Å²) < 4.78 is 26.0. The van der Waals surface area contributed by atoms with Crippen molar-refractivity contribution in [3.63, 3.8) is 0 Å². The molecule has 0 N–H and O–H groups in total. The van der Waals surface area contributed by atoms with Gasteiger partial charge >= 0.3 is 0 Å². The lowest BCUT2D eigenvalue weighted by Gasteiger charge is -2.26. The van der Waals surface area contributed by atoms with E-state index in [0.717, 1.165) is 18.4 Å². The van der Waals surface area contributed by atoms with Crippen LogP contribution in [0.2, 0.25) is 0 Å². The summed E-state index contributed by atoms with van der Waals surface area (Å²) >= 11 is 0. The number of aryl methyl sites for hydroxylation is 1. The third-order valence-corrected chi connectivity index (χ3v) is 6.50. The van der Waals surface area contributed by atoms with Crippen molar-refractivity contribution in [3.05, 3.63) is 29.8 Å². The number of rotatable bonds is 5. The SMILES string of the molecule is CCCC[C@@]1(C#N)N=N[C@@H](C)[C@@H]1S(=O)(=O)c1ccc(C)cc1. The molecule has 1 heterocycles. The summed E-state index contributed by atoms with van der Waals surface area (Å²) in [6.07, 6.45) is 2.05. The Labute approximate surface area is 132 Å². The van der Waals surface area contributed by atoms with E-state index in [1.807, 2.05) is 13.8 Å². The Morgan fingerprint density at radius 1 is 1.32 bits per heavy atom. The molecule has 3 atom stereocenters. The second kappa shape index (κ2) is 6.17. The highest BCUT2D eigenvalue weighted by Gasteiger charge is 2.54. The Balaban J connectivity index is 2.47. The Kier molecular flexibility index (Phi) is 4.66. The van der Waals surface area contributed by atoms with E-state index in [9.17, 15) is 13.7 Å². The second-order valence-corrected chi connectivity index (χ2v) is 7.94. The van der Waals surface area contributed by atoms with Gasteiger partial charge in [0, 0.05) is 0 Å². The van der Waals surface area contributed by atoms with Gasteiger partial charge < -0.3 is 0 Å². The van der Waals surface area contributed by atoms with Gasteiger partial charge in [-0.2, -0.15) is 15.5 Å². The lowest BCUT2D eigenvalue weighted by Crippen LogP contribution is -2.46. The number of sulfone groups is 1. The van der Waals surface area contributed by atoms with Crippen LogP contribution in [-0.4, -0.2) is 25.2 Å². The van der Waals surface area contributed by atoms with Crippen molar-refractivity contribution in [3.8, 4) is 6.07 Å². The fraction of sp³-hybridized carbons (Fsp3) is 0.562. The monoisotopic (exact) mass is 319 g/mol. The van der Waals surface area contributed by atoms with E-state index in [4.69, 9.17) is 0 Å². The van der Waals surface area contributed by atoms with Crippen molar-refractivity contribution < 1.29 is 8.42 Å². The van der Waals surface area contributed by atoms with Crippen molar-refractivity contribution in [1.82, 2.24) is 0 Å². The van der Waals surface area contributed by atoms with Gasteiger partial charge in [0.05, 0.1) is 17.0 Å². The molecule has 1 aliphatic rings. The second-order valence-electron chi connectivity index (χ2n) is 5.87. The van der Waals surface area contributed by atoms with Gasteiger partial charge in [-0.05, 0) is 32.4 Å². The van der Waals surface area contributed by atoms with Crippen molar-refractivity contribution in [2.45, 2.75) is 61.8 Å². The van der Waals surface area contributed by atoms with Crippen molar-refractivity contribution in [1.29, 1.82) is 5.26 Å². The average molecular weight is 319 g/mol. The summed E-state index contributed by atoms with van der Waals surface area (Å²) in [6, 6.07) is 8.35. The molecule has 0 bridgehead atoms. The fourth-order valence-corrected chi connectivity index (χ4v) is 4.99. The molecule has 0 saturated carbocycles. The van der Waals surface area contributed by atoms with Crippen molar-refractivity contribution in [2.75, 3.05) is 0 Å². The van der Waals surface area contributed by atoms with Crippen LogP contribution in [0.3, 0.4) is 0 Å². The molecule has 0 aliphatic carbocycles. The number of azo groups is 1. The molecule has 6 heteroatoms. The Bertz CT molecular complexity index is 704. The van der Waals surface area contributed by atoms with Crippen LogP contribution >= 0.6 is 0 Å². The molecule has 0 unspecified atom stereocenters. The van der Waals surface area contributed by atoms with Gasteiger partial charge in [0.2, 0.25) is 0 Å². The van der Waals surface area contributed by atoms with Gasteiger partial charge in [-0.25, -0.2) is 8.42 Å². The van der Waals surface area contributed by atoms with Crippen LogP contribution in [0.15, 0.2) is 39.4 Å². The molecule has 0 fully saturated rings. The topological polar surface area (TPSA) is 82.7 Å². The highest BCUT2D eigenvalue weighted by molar-refractivity contribution is 7.92. The van der Waals surface area contributed by atoms with Gasteiger partial charge in [-0.1, -0.05) is 37.5 Å². The minimum absolute atomic E-state index is 0.235. The van der Waals surface area contributed by atoms with Crippen molar-refractivity contribution >= 4 is 9.84 Å². The summed E-state index contributed by atoms with van der Waals surface area (Å²) in [5.74, 6) is 0. The number of hydrogen-bond acceptors (Lipinski definition) is 5. The van der Waals surface area contributed by atoms with Crippen LogP contribution in [-0.2, 0) is 9.84 Å². The van der Waals surface area contributed by atoms with Gasteiger partial charge in [0.1, 0.15) is 5.25 Å². The van der Waals surface area contributed by atoms with Crippen LogP contribution in [0.25, 0.3) is 0 Å². The fourth-order valence-electron chi connectivity index (χ4n) is 2.88. The van der Waals surface area contributed by atoms with E-state index in [2.05, 4.69) is 16.3 Å². The highest BCUT2D eigenvalue weighted by atomic mass is 32.2. The standard InChI is InChI=1S/C16H21N3O2S/c1-4-5-10-16(11-17)15(13(3)18-19-16)22(20,21)14-8-6-12(2)7-9-14/h6-9,13,15H,4-5,10H2,1-3H3/t13-,15-,16-/m0/s1. The van der Waals surface area contributed by atoms with E-state index in [0.29, 0.717) is 6.42 Å². The van der Waals surface area contributed by atoms with E-state index < -0.39 is 26.7 Å². The lowest BCUT2D eigenvalue weighted by atomic mass is 9.89. The van der Waals surface area contributed by atoms with Gasteiger partial charge in [0.15, 0.2) is 15.4 Å². The molecular weight excluding hydrogens is 298 g/mol. The average Bonchev–Trinajstić information content (AvgIpc) is 2.83. The van der Waals surface area contributed by atoms with Crippen LogP contribution in [0, 0.1) is 18.3 Å². The minimum atomic E-state index is -3.66. The normalized spacial score (nSPS) is 27.7. The zero-order valence-electron chi connectivity index (χ0n) is 13.2. The summed E-state index contributed by atoms with van der Waals surface area (Å²) in [7, 11) is -3.66. The Morgan fingerprint density at radius 2 is 1.95 bits per heavy atom. The maximum absolute atomic E-state index is 13.0. The van der Waals surface area contributed by atoms with Crippen LogP contribution in [0.5, 0.6) is 0 Å². The molecule has 118 valence electrons. The first-order chi connectivity index (χ1) is 10.4. The minimum Gasteiger partial charge on any atom is -0.223 e. The third-order valence-electron chi connectivity index (χ3n) is 4.12. The first-order valence-electron chi connectivity index (χ1n) is 7.51. The number of nitrogens with zero attached hydrogens (tertiary/aromatic N) is 3. The van der Waals surface area contributed by atoms with Crippen LogP contribution in [0.1, 0.15) is 38.7 Å². The maximum atomic E-state index is 13.0. The number of unbranched alkanes of at least 4 members (excludes halogenated alkanes) is 1. The molecule has 2 rings (SSSR count). The molecule has 22 heavy (non-hydrogen) atoms. The predicted molar refractivity (Wildman–Crippen MR) is 84.3 cm³/mol. The third kappa shape index (κ3) is 2.78. The first kappa shape index (κ1) is 16.6. The lowest BCUT2D eigenvalue weighted by molar-refractivity contribution is 0.455. The quantitative estimate of drug-likeness (QED) is 0.833. The Hall–Kier alpha value is -1.74. The van der Waals surface area contributed by atoms with Crippen LogP contribution < -0.4 is 0 Å². The zero-order chi connectivity index (χ0) is 16.4. The molecule has 1 aliphatic heterocycles. The summed E-state index contributed by atoms with van der Waals surface area (Å²) in [6.45, 7) is 5.62. The molecule has 1 aromatic rings. The van der Waals surface area contributed by atoms with E-state index >= 15 is 0 Å². The molecular formula is C16H21N3O2S. The molecule has 5 nitrogen and oxygen atoms in total. The maximum Gasteiger partial charge on any atom is 0.186 e. The van der Waals surface area contributed by atoms with E-state index in [1.54, 1.807) is 31.2 Å². The molecule has 0 radical (unpaired) electrons. The highest BCUT2D eigenvalue weighted by Crippen LogP contribution is 2.39. The van der Waals surface area contributed by atoms with Gasteiger partial charge in [-0.15, -0.1) is 0 Å². The predicted octanol–water partition coefficient (Wildman–Crippen LogP) is 3.44. The summed E-state index contributed by atoms with van der Waals surface area (Å²) in [5.41, 5.74) is -0.274. The van der Waals surface area contributed by atoms with Gasteiger partial charge in [0.25, 0.3) is 0 Å². The number of hydrogen-bond donors (Lipinski definition) is 0. The summed E-state index contributed by atoms with van der Waals surface area (Å²) in [4.78, 5) is 0.235. The molecule has 0 amide bonds. The van der Waals surface area contributed by atoms with Crippen molar-refractivity contribution in [2.24, 2.45) is 10.2 Å². The molecule has 0 saturated heterocycles. The number of nitriles is 1. The number of benzene rings is 1. The van der Waals surface area contributed by atoms with Gasteiger partial charge in [-0.3, -0.25) is 0 Å². The largest absolute Gasteiger partial charge is 0.223 e. The van der Waals surface area contributed by atoms with Crippen LogP contribution in [0.4, 0.5) is 0 Å². The molecule has 0 spiro atoms. The summed E-state index contributed by atoms with van der Waals surface area (Å²) in [5, 5.41) is 16.8. The molecule has 0 aromatic heterocycles. The van der Waals surface area contributed by atoms with E-state index in [1.165, 1.54) is 0 Å². The first-order valence-corrected chi connectivity index (χ1v) is 9.06. The molecule has 1 aromatic carbocycles. The zero-order valence-corrected chi connectivity index (χ0v) is 14.0. The smallest absolute Gasteiger partial charge is 0.186 e.